The van der Waals surface area contributed by atoms with E-state index in [-0.39, 0.29) is 11.7 Å². The number of rotatable bonds is 9. The highest BCUT2D eigenvalue weighted by Gasteiger charge is 2.16. The molecular formula is C30H25FN4O2S. The minimum atomic E-state index is -0.295. The molecule has 0 saturated carbocycles. The number of benzene rings is 4. The average molecular weight is 525 g/mol. The summed E-state index contributed by atoms with van der Waals surface area (Å²) in [6.07, 6.45) is 0.601. The van der Waals surface area contributed by atoms with Gasteiger partial charge in [-0.15, -0.1) is 10.2 Å². The third-order valence-corrected chi connectivity index (χ3v) is 6.92. The minimum Gasteiger partial charge on any atom is -0.497 e. The number of amides is 1. The summed E-state index contributed by atoms with van der Waals surface area (Å²) >= 11 is 1.53. The standard InChI is InChI=1S/C30H25FN4O2S/c1-37-27-17-13-25(14-18-27)32-29(36)23-9-7-22(8-10-23)20-38-30-34-33-28(19-21-5-3-2-4-6-21)35(30)26-15-11-24(31)12-16-26/h2-18H,19-20H2,1H3,(H,32,36). The second-order valence-electron chi connectivity index (χ2n) is 8.54. The summed E-state index contributed by atoms with van der Waals surface area (Å²) in [7, 11) is 1.60. The molecule has 0 spiro atoms. The van der Waals surface area contributed by atoms with Crippen LogP contribution in [0.15, 0.2) is 108 Å². The van der Waals surface area contributed by atoms with Gasteiger partial charge in [0.15, 0.2) is 5.16 Å². The number of hydrogen-bond acceptors (Lipinski definition) is 5. The van der Waals surface area contributed by atoms with Crippen molar-refractivity contribution in [1.29, 1.82) is 0 Å². The van der Waals surface area contributed by atoms with E-state index in [9.17, 15) is 9.18 Å². The van der Waals surface area contributed by atoms with Gasteiger partial charge in [-0.3, -0.25) is 9.36 Å². The molecule has 4 aromatic carbocycles. The second kappa shape index (κ2) is 11.7. The quantitative estimate of drug-likeness (QED) is 0.222. The monoisotopic (exact) mass is 524 g/mol. The van der Waals surface area contributed by atoms with Crippen LogP contribution in [0.2, 0.25) is 0 Å². The largest absolute Gasteiger partial charge is 0.497 e. The Morgan fingerprint density at radius 2 is 1.58 bits per heavy atom. The second-order valence-corrected chi connectivity index (χ2v) is 9.48. The summed E-state index contributed by atoms with van der Waals surface area (Å²) in [6, 6.07) is 31.0. The Kier molecular flexibility index (Phi) is 7.80. The molecule has 1 amide bonds. The van der Waals surface area contributed by atoms with Crippen molar-refractivity contribution in [1.82, 2.24) is 14.8 Å². The average Bonchev–Trinajstić information content (AvgIpc) is 3.35. The molecule has 0 saturated heterocycles. The van der Waals surface area contributed by atoms with Crippen LogP contribution in [-0.4, -0.2) is 27.8 Å². The number of nitrogens with one attached hydrogen (secondary N) is 1. The molecule has 190 valence electrons. The summed E-state index contributed by atoms with van der Waals surface area (Å²) in [4.78, 5) is 12.6. The number of methoxy groups -OCH3 is 1. The molecule has 6 nitrogen and oxygen atoms in total. The summed E-state index contributed by atoms with van der Waals surface area (Å²) in [5, 5.41) is 12.5. The molecule has 8 heteroatoms. The molecule has 1 aromatic heterocycles. The maximum atomic E-state index is 13.6. The Hall–Kier alpha value is -4.43. The van der Waals surface area contributed by atoms with Gasteiger partial charge in [-0.1, -0.05) is 54.2 Å². The lowest BCUT2D eigenvalue weighted by molar-refractivity contribution is 0.102. The first-order valence-electron chi connectivity index (χ1n) is 12.0. The Labute approximate surface area is 224 Å². The zero-order valence-electron chi connectivity index (χ0n) is 20.7. The Morgan fingerprint density at radius 1 is 0.868 bits per heavy atom. The van der Waals surface area contributed by atoms with Crippen LogP contribution >= 0.6 is 11.8 Å². The third kappa shape index (κ3) is 6.10. The van der Waals surface area contributed by atoms with Crippen LogP contribution in [0.3, 0.4) is 0 Å². The SMILES string of the molecule is COc1ccc(NC(=O)c2ccc(CSc3nnc(Cc4ccccc4)n3-c3ccc(F)cc3)cc2)cc1. The molecule has 0 aliphatic rings. The van der Waals surface area contributed by atoms with Crippen molar-refractivity contribution in [3.8, 4) is 11.4 Å². The van der Waals surface area contributed by atoms with Crippen LogP contribution in [0.4, 0.5) is 10.1 Å². The van der Waals surface area contributed by atoms with Crippen LogP contribution in [0, 0.1) is 5.82 Å². The highest BCUT2D eigenvalue weighted by Crippen LogP contribution is 2.27. The molecule has 1 heterocycles. The Balaban J connectivity index is 1.29. The molecule has 0 radical (unpaired) electrons. The number of carbonyl (C=O) groups excluding carboxylic acids is 1. The van der Waals surface area contributed by atoms with E-state index in [1.54, 1.807) is 55.6 Å². The molecule has 38 heavy (non-hydrogen) atoms. The molecular weight excluding hydrogens is 499 g/mol. The van der Waals surface area contributed by atoms with E-state index in [1.807, 2.05) is 47.0 Å². The number of hydrogen-bond donors (Lipinski definition) is 1. The number of carbonyl (C=O) groups is 1. The maximum absolute atomic E-state index is 13.6. The van der Waals surface area contributed by atoms with E-state index in [0.29, 0.717) is 28.6 Å². The van der Waals surface area contributed by atoms with Crippen molar-refractivity contribution < 1.29 is 13.9 Å². The minimum absolute atomic E-state index is 0.184. The molecule has 0 atom stereocenters. The van der Waals surface area contributed by atoms with Crippen LogP contribution in [0.25, 0.3) is 5.69 Å². The molecule has 0 aliphatic carbocycles. The number of anilines is 1. The first-order chi connectivity index (χ1) is 18.6. The molecule has 1 N–H and O–H groups in total. The van der Waals surface area contributed by atoms with Crippen LogP contribution < -0.4 is 10.1 Å². The van der Waals surface area contributed by atoms with Crippen molar-refractivity contribution >= 4 is 23.4 Å². The van der Waals surface area contributed by atoms with Crippen molar-refractivity contribution in [3.05, 3.63) is 131 Å². The summed E-state index contributed by atoms with van der Waals surface area (Å²) < 4.78 is 20.7. The topological polar surface area (TPSA) is 69.0 Å². The van der Waals surface area contributed by atoms with Gasteiger partial charge >= 0.3 is 0 Å². The van der Waals surface area contributed by atoms with E-state index in [4.69, 9.17) is 4.74 Å². The van der Waals surface area contributed by atoms with Gasteiger partial charge in [0.05, 0.1) is 7.11 Å². The summed E-state index contributed by atoms with van der Waals surface area (Å²) in [6.45, 7) is 0. The van der Waals surface area contributed by atoms with Gasteiger partial charge in [-0.05, 0) is 71.8 Å². The first-order valence-corrected chi connectivity index (χ1v) is 13.0. The smallest absolute Gasteiger partial charge is 0.255 e. The van der Waals surface area contributed by atoms with E-state index in [2.05, 4.69) is 15.5 Å². The lowest BCUT2D eigenvalue weighted by Crippen LogP contribution is -2.11. The highest BCUT2D eigenvalue weighted by atomic mass is 32.2. The molecule has 5 rings (SSSR count). The number of ether oxygens (including phenoxy) is 1. The van der Waals surface area contributed by atoms with Gasteiger partial charge < -0.3 is 10.1 Å². The fraction of sp³-hybridized carbons (Fsp3) is 0.100. The highest BCUT2D eigenvalue weighted by molar-refractivity contribution is 7.98. The molecule has 0 aliphatic heterocycles. The van der Waals surface area contributed by atoms with Gasteiger partial charge in [0.2, 0.25) is 0 Å². The van der Waals surface area contributed by atoms with Gasteiger partial charge in [-0.25, -0.2) is 4.39 Å². The zero-order valence-corrected chi connectivity index (χ0v) is 21.5. The molecule has 0 bridgehead atoms. The van der Waals surface area contributed by atoms with Gasteiger partial charge in [-0.2, -0.15) is 0 Å². The lowest BCUT2D eigenvalue weighted by atomic mass is 10.1. The first kappa shape index (κ1) is 25.2. The zero-order chi connectivity index (χ0) is 26.3. The van der Waals surface area contributed by atoms with E-state index in [1.165, 1.54) is 23.9 Å². The third-order valence-electron chi connectivity index (χ3n) is 5.92. The fourth-order valence-electron chi connectivity index (χ4n) is 3.91. The predicted molar refractivity (Wildman–Crippen MR) is 148 cm³/mol. The van der Waals surface area contributed by atoms with Gasteiger partial charge in [0, 0.05) is 29.1 Å². The van der Waals surface area contributed by atoms with Gasteiger partial charge in [0.25, 0.3) is 5.91 Å². The predicted octanol–water partition coefficient (Wildman–Crippen LogP) is 6.55. The fourth-order valence-corrected chi connectivity index (χ4v) is 4.84. The van der Waals surface area contributed by atoms with Crippen molar-refractivity contribution in [2.45, 2.75) is 17.3 Å². The van der Waals surface area contributed by atoms with Crippen LogP contribution in [0.1, 0.15) is 27.3 Å². The number of aromatic nitrogens is 3. The Morgan fingerprint density at radius 3 is 2.26 bits per heavy atom. The number of nitrogens with zero attached hydrogens (tertiary/aromatic N) is 3. The van der Waals surface area contributed by atoms with E-state index in [0.717, 1.165) is 28.4 Å². The van der Waals surface area contributed by atoms with Crippen molar-refractivity contribution in [2.24, 2.45) is 0 Å². The van der Waals surface area contributed by atoms with E-state index < -0.39 is 0 Å². The van der Waals surface area contributed by atoms with E-state index >= 15 is 0 Å². The van der Waals surface area contributed by atoms with Crippen LogP contribution in [0.5, 0.6) is 5.75 Å². The molecule has 5 aromatic rings. The van der Waals surface area contributed by atoms with Crippen LogP contribution in [-0.2, 0) is 12.2 Å². The molecule has 0 unspecified atom stereocenters. The number of thioether (sulfide) groups is 1. The lowest BCUT2D eigenvalue weighted by Gasteiger charge is -2.11. The summed E-state index contributed by atoms with van der Waals surface area (Å²) in [5.41, 5.74) is 4.21. The normalized spacial score (nSPS) is 10.8. The number of halogens is 1. The van der Waals surface area contributed by atoms with Gasteiger partial charge in [0.1, 0.15) is 17.4 Å². The maximum Gasteiger partial charge on any atom is 0.255 e. The molecule has 0 fully saturated rings. The Bertz CT molecular complexity index is 1500. The summed E-state index contributed by atoms with van der Waals surface area (Å²) in [5.74, 6) is 1.65. The van der Waals surface area contributed by atoms with Crippen molar-refractivity contribution in [2.75, 3.05) is 12.4 Å². The van der Waals surface area contributed by atoms with Crippen molar-refractivity contribution in [3.63, 3.8) is 0 Å².